The fraction of sp³-hybridized carbons (Fsp3) is 0.364. The Morgan fingerprint density at radius 1 is 1.47 bits per heavy atom. The van der Waals surface area contributed by atoms with Crippen LogP contribution in [-0.4, -0.2) is 11.2 Å². The summed E-state index contributed by atoms with van der Waals surface area (Å²) in [5.74, 6) is -2.34. The van der Waals surface area contributed by atoms with E-state index in [1.807, 2.05) is 0 Å². The van der Waals surface area contributed by atoms with Crippen LogP contribution in [0.1, 0.15) is 24.8 Å². The number of phenols is 1. The largest absolute Gasteiger partial charge is 0.507 e. The first-order valence-corrected chi connectivity index (χ1v) is 5.77. The zero-order chi connectivity index (χ0) is 12.6. The van der Waals surface area contributed by atoms with Crippen LogP contribution in [-0.2, 0) is 10.3 Å². The summed E-state index contributed by atoms with van der Waals surface area (Å²) in [6.45, 7) is 0. The average Bonchev–Trinajstić information content (AvgIpc) is 2.22. The van der Waals surface area contributed by atoms with Gasteiger partial charge in [-0.1, -0.05) is 0 Å². The second kappa shape index (κ2) is 4.20. The Labute approximate surface area is 104 Å². The van der Waals surface area contributed by atoms with Crippen molar-refractivity contribution in [1.82, 2.24) is 0 Å². The number of carbonyl (C=O) groups excluding carboxylic acids is 1. The van der Waals surface area contributed by atoms with Gasteiger partial charge in [-0.05, 0) is 35.2 Å². The van der Waals surface area contributed by atoms with Crippen molar-refractivity contribution in [1.29, 1.82) is 0 Å². The maximum absolute atomic E-state index is 13.9. The predicted octanol–water partition coefficient (Wildman–Crippen LogP) is 3.15. The minimum Gasteiger partial charge on any atom is -0.507 e. The lowest BCUT2D eigenvalue weighted by molar-refractivity contribution is 0.237. The minimum absolute atomic E-state index is 0.221. The van der Waals surface area contributed by atoms with Crippen molar-refractivity contribution >= 4 is 22.0 Å². The number of nitrogens with zero attached hydrogens (tertiary/aromatic N) is 1. The molecule has 0 aromatic heterocycles. The van der Waals surface area contributed by atoms with Crippen LogP contribution in [0.5, 0.6) is 5.75 Å². The van der Waals surface area contributed by atoms with Crippen LogP contribution < -0.4 is 0 Å². The van der Waals surface area contributed by atoms with Crippen LogP contribution in [0.3, 0.4) is 0 Å². The van der Waals surface area contributed by atoms with Gasteiger partial charge in [-0.2, -0.15) is 4.99 Å². The van der Waals surface area contributed by atoms with Crippen LogP contribution in [0.15, 0.2) is 15.5 Å². The Morgan fingerprint density at radius 2 is 2.12 bits per heavy atom. The van der Waals surface area contributed by atoms with E-state index in [0.29, 0.717) is 12.8 Å². The Bertz CT molecular complexity index is 523. The fourth-order valence-corrected chi connectivity index (χ4v) is 2.34. The Hall–Kier alpha value is -1.26. The van der Waals surface area contributed by atoms with Gasteiger partial charge in [-0.25, -0.2) is 13.6 Å². The van der Waals surface area contributed by atoms with E-state index in [0.717, 1.165) is 12.5 Å². The van der Waals surface area contributed by atoms with Crippen LogP contribution in [0.25, 0.3) is 0 Å². The summed E-state index contributed by atoms with van der Waals surface area (Å²) in [5, 5.41) is 9.26. The van der Waals surface area contributed by atoms with E-state index in [-0.39, 0.29) is 10.0 Å². The molecule has 2 rings (SSSR count). The third-order valence-electron chi connectivity index (χ3n) is 3.05. The van der Waals surface area contributed by atoms with Crippen molar-refractivity contribution in [2.45, 2.75) is 24.8 Å². The number of halogens is 3. The van der Waals surface area contributed by atoms with Crippen molar-refractivity contribution in [3.05, 3.63) is 27.7 Å². The first kappa shape index (κ1) is 12.2. The summed E-state index contributed by atoms with van der Waals surface area (Å²) in [5.41, 5.74) is -1.44. The normalized spacial score (nSPS) is 17.1. The predicted molar refractivity (Wildman–Crippen MR) is 59.4 cm³/mol. The van der Waals surface area contributed by atoms with E-state index in [1.165, 1.54) is 6.08 Å². The topological polar surface area (TPSA) is 49.7 Å². The van der Waals surface area contributed by atoms with Crippen LogP contribution in [0, 0.1) is 11.6 Å². The lowest BCUT2D eigenvalue weighted by Crippen LogP contribution is -2.34. The molecule has 0 unspecified atom stereocenters. The molecule has 6 heteroatoms. The number of benzene rings is 1. The number of isocyanates is 1. The lowest BCUT2D eigenvalue weighted by Gasteiger charge is -2.37. The van der Waals surface area contributed by atoms with Gasteiger partial charge in [0.15, 0.2) is 0 Å². The summed E-state index contributed by atoms with van der Waals surface area (Å²) >= 11 is 2.83. The molecule has 17 heavy (non-hydrogen) atoms. The Balaban J connectivity index is 2.66. The van der Waals surface area contributed by atoms with Gasteiger partial charge in [0.05, 0.1) is 10.0 Å². The molecule has 0 saturated heterocycles. The maximum atomic E-state index is 13.9. The van der Waals surface area contributed by atoms with Gasteiger partial charge in [0.2, 0.25) is 6.08 Å². The molecule has 0 atom stereocenters. The quantitative estimate of drug-likeness (QED) is 0.518. The molecule has 90 valence electrons. The van der Waals surface area contributed by atoms with Crippen molar-refractivity contribution in [3.8, 4) is 5.75 Å². The van der Waals surface area contributed by atoms with Crippen LogP contribution in [0.2, 0.25) is 0 Å². The van der Waals surface area contributed by atoms with E-state index in [2.05, 4.69) is 20.9 Å². The van der Waals surface area contributed by atoms with E-state index >= 15 is 0 Å². The smallest absolute Gasteiger partial charge is 0.235 e. The van der Waals surface area contributed by atoms with E-state index < -0.39 is 22.9 Å². The number of hydrogen-bond donors (Lipinski definition) is 1. The molecular weight excluding hydrogens is 296 g/mol. The molecule has 1 aromatic rings. The number of phenolic OH excluding ortho intramolecular Hbond substituents is 1. The highest BCUT2D eigenvalue weighted by Crippen LogP contribution is 2.48. The lowest BCUT2D eigenvalue weighted by atomic mass is 9.72. The third-order valence-corrected chi connectivity index (χ3v) is 3.80. The molecule has 0 radical (unpaired) electrons. The van der Waals surface area contributed by atoms with E-state index in [9.17, 15) is 18.7 Å². The van der Waals surface area contributed by atoms with Crippen molar-refractivity contribution in [3.63, 3.8) is 0 Å². The molecule has 3 nitrogen and oxygen atoms in total. The second-order valence-corrected chi connectivity index (χ2v) is 4.76. The van der Waals surface area contributed by atoms with Gasteiger partial charge in [0, 0.05) is 6.07 Å². The SMILES string of the molecule is O=C=NC1(c2c(F)cc(O)c(Br)c2F)CCC1. The van der Waals surface area contributed by atoms with E-state index in [1.54, 1.807) is 0 Å². The van der Waals surface area contributed by atoms with Crippen molar-refractivity contribution in [2.24, 2.45) is 4.99 Å². The van der Waals surface area contributed by atoms with Gasteiger partial charge in [-0.3, -0.25) is 0 Å². The fourth-order valence-electron chi connectivity index (χ4n) is 2.03. The van der Waals surface area contributed by atoms with Gasteiger partial charge in [-0.15, -0.1) is 0 Å². The van der Waals surface area contributed by atoms with Gasteiger partial charge >= 0.3 is 0 Å². The Kier molecular flexibility index (Phi) is 3.02. The zero-order valence-corrected chi connectivity index (χ0v) is 10.2. The number of aromatic hydroxyl groups is 1. The number of rotatable bonds is 2. The van der Waals surface area contributed by atoms with E-state index in [4.69, 9.17) is 0 Å². The standard InChI is InChI=1S/C11H8BrF2NO2/c12-9-7(17)4-6(13)8(10(9)14)11(15-5-16)2-1-3-11/h4,17H,1-3H2. The highest BCUT2D eigenvalue weighted by molar-refractivity contribution is 9.10. The molecule has 1 aromatic carbocycles. The maximum Gasteiger partial charge on any atom is 0.235 e. The summed E-state index contributed by atoms with van der Waals surface area (Å²) in [7, 11) is 0. The van der Waals surface area contributed by atoms with Gasteiger partial charge in [0.1, 0.15) is 22.9 Å². The third kappa shape index (κ3) is 1.77. The summed E-state index contributed by atoms with van der Waals surface area (Å²) in [6, 6.07) is 0.808. The molecular formula is C11H8BrF2NO2. The molecule has 0 aliphatic heterocycles. The molecule has 0 bridgehead atoms. The van der Waals surface area contributed by atoms with Crippen molar-refractivity contribution in [2.75, 3.05) is 0 Å². The highest BCUT2D eigenvalue weighted by atomic mass is 79.9. The molecule has 1 N–H and O–H groups in total. The number of aliphatic imine (C=N–C) groups is 1. The van der Waals surface area contributed by atoms with Crippen LogP contribution in [0.4, 0.5) is 8.78 Å². The average molecular weight is 304 g/mol. The molecule has 1 aliphatic carbocycles. The zero-order valence-electron chi connectivity index (χ0n) is 8.64. The summed E-state index contributed by atoms with van der Waals surface area (Å²) < 4.78 is 27.4. The first-order valence-electron chi connectivity index (χ1n) is 4.98. The Morgan fingerprint density at radius 3 is 2.59 bits per heavy atom. The van der Waals surface area contributed by atoms with Crippen LogP contribution >= 0.6 is 15.9 Å². The molecule has 0 spiro atoms. The molecule has 1 saturated carbocycles. The highest BCUT2D eigenvalue weighted by Gasteiger charge is 2.44. The number of hydrogen-bond acceptors (Lipinski definition) is 3. The molecule has 0 amide bonds. The second-order valence-electron chi connectivity index (χ2n) is 3.97. The minimum atomic E-state index is -1.16. The van der Waals surface area contributed by atoms with Crippen molar-refractivity contribution < 1.29 is 18.7 Å². The van der Waals surface area contributed by atoms with Gasteiger partial charge in [0.25, 0.3) is 0 Å². The van der Waals surface area contributed by atoms with Gasteiger partial charge < -0.3 is 5.11 Å². The molecule has 1 aliphatic rings. The molecule has 1 fully saturated rings. The monoisotopic (exact) mass is 303 g/mol. The first-order chi connectivity index (χ1) is 8.02. The molecule has 0 heterocycles. The summed E-state index contributed by atoms with van der Waals surface area (Å²) in [4.78, 5) is 13.9. The summed E-state index contributed by atoms with van der Waals surface area (Å²) in [6.07, 6.45) is 2.89.